The van der Waals surface area contributed by atoms with Crippen LogP contribution in [0.15, 0.2) is 12.2 Å². The van der Waals surface area contributed by atoms with Crippen molar-refractivity contribution in [2.45, 2.75) is 26.2 Å². The number of Topliss-reactive ketones (excluding diaryl/α,β-unsaturated/α-hetero) is 1. The monoisotopic (exact) mass is 124 g/mol. The summed E-state index contributed by atoms with van der Waals surface area (Å²) < 4.78 is 0. The number of hydrogen-bond acceptors (Lipinski definition) is 1. The second-order valence-electron chi connectivity index (χ2n) is 2.82. The van der Waals surface area contributed by atoms with E-state index in [-0.39, 0.29) is 0 Å². The molecule has 0 aromatic heterocycles. The van der Waals surface area contributed by atoms with Crippen LogP contribution < -0.4 is 0 Å². The molecule has 9 heavy (non-hydrogen) atoms. The second kappa shape index (κ2) is 2.34. The minimum absolute atomic E-state index is 0.406. The van der Waals surface area contributed by atoms with Crippen LogP contribution in [0.25, 0.3) is 0 Å². The number of allylic oxidation sites excluding steroid dienone is 1. The van der Waals surface area contributed by atoms with Crippen LogP contribution >= 0.6 is 0 Å². The van der Waals surface area contributed by atoms with Gasteiger partial charge in [0.05, 0.1) is 0 Å². The lowest BCUT2D eigenvalue weighted by molar-refractivity contribution is -0.117. The number of rotatable bonds is 1. The van der Waals surface area contributed by atoms with Crippen LogP contribution in [0.1, 0.15) is 26.2 Å². The molecule has 1 rings (SSSR count). The van der Waals surface area contributed by atoms with Crippen LogP contribution in [0.3, 0.4) is 0 Å². The smallest absolute Gasteiger partial charge is 0.133 e. The van der Waals surface area contributed by atoms with Crippen molar-refractivity contribution in [2.24, 2.45) is 5.92 Å². The first-order valence-corrected chi connectivity index (χ1v) is 3.37. The third-order valence-corrected chi connectivity index (χ3v) is 1.94. The lowest BCUT2D eigenvalue weighted by atomic mass is 10.0. The highest BCUT2D eigenvalue weighted by molar-refractivity contribution is 5.81. The Morgan fingerprint density at radius 2 is 2.44 bits per heavy atom. The van der Waals surface area contributed by atoms with Gasteiger partial charge in [0.15, 0.2) is 0 Å². The van der Waals surface area contributed by atoms with Crippen molar-refractivity contribution < 1.29 is 4.79 Å². The first kappa shape index (κ1) is 6.53. The molecular weight excluding hydrogens is 112 g/mol. The number of ketones is 1. The molecule has 0 unspecified atom stereocenters. The van der Waals surface area contributed by atoms with Crippen LogP contribution in [-0.4, -0.2) is 5.78 Å². The average Bonchev–Trinajstić information content (AvgIpc) is 2.14. The number of carbonyl (C=O) groups excluding carboxylic acids is 1. The molecular formula is C8H12O. The zero-order valence-corrected chi connectivity index (χ0v) is 5.81. The number of hydrogen-bond donors (Lipinski definition) is 0. The van der Waals surface area contributed by atoms with Gasteiger partial charge >= 0.3 is 0 Å². The Morgan fingerprint density at radius 1 is 1.78 bits per heavy atom. The van der Waals surface area contributed by atoms with E-state index < -0.39 is 0 Å². The quantitative estimate of drug-likeness (QED) is 0.488. The molecule has 50 valence electrons. The van der Waals surface area contributed by atoms with Gasteiger partial charge in [0, 0.05) is 12.8 Å². The van der Waals surface area contributed by atoms with Crippen LogP contribution in [-0.2, 0) is 4.79 Å². The molecule has 0 saturated heterocycles. The van der Waals surface area contributed by atoms with Crippen LogP contribution in [0.5, 0.6) is 0 Å². The van der Waals surface area contributed by atoms with Gasteiger partial charge in [0.1, 0.15) is 5.78 Å². The normalized spacial score (nSPS) is 26.8. The molecule has 0 spiro atoms. The summed E-state index contributed by atoms with van der Waals surface area (Å²) in [6.45, 7) is 5.82. The molecule has 1 aliphatic carbocycles. The Kier molecular flexibility index (Phi) is 1.70. The Hall–Kier alpha value is -0.590. The maximum atomic E-state index is 10.7. The van der Waals surface area contributed by atoms with Crippen molar-refractivity contribution in [1.29, 1.82) is 0 Å². The third-order valence-electron chi connectivity index (χ3n) is 1.94. The predicted octanol–water partition coefficient (Wildman–Crippen LogP) is 1.93. The molecule has 0 radical (unpaired) electrons. The van der Waals surface area contributed by atoms with E-state index in [1.54, 1.807) is 0 Å². The van der Waals surface area contributed by atoms with Gasteiger partial charge < -0.3 is 0 Å². The van der Waals surface area contributed by atoms with Crippen molar-refractivity contribution in [2.75, 3.05) is 0 Å². The van der Waals surface area contributed by atoms with Gasteiger partial charge in [0.25, 0.3) is 0 Å². The van der Waals surface area contributed by atoms with Crippen molar-refractivity contribution in [3.63, 3.8) is 0 Å². The first-order valence-electron chi connectivity index (χ1n) is 3.37. The molecule has 1 atom stereocenters. The van der Waals surface area contributed by atoms with Crippen molar-refractivity contribution >= 4 is 5.78 Å². The van der Waals surface area contributed by atoms with Crippen molar-refractivity contribution in [1.82, 2.24) is 0 Å². The maximum absolute atomic E-state index is 10.7. The van der Waals surface area contributed by atoms with E-state index in [0.717, 1.165) is 19.3 Å². The molecule has 0 amide bonds. The molecule has 0 aromatic carbocycles. The fourth-order valence-corrected chi connectivity index (χ4v) is 1.23. The summed E-state index contributed by atoms with van der Waals surface area (Å²) in [5.74, 6) is 0.903. The summed E-state index contributed by atoms with van der Waals surface area (Å²) in [4.78, 5) is 10.7. The van der Waals surface area contributed by atoms with E-state index in [1.165, 1.54) is 5.57 Å². The molecule has 1 nitrogen and oxygen atoms in total. The molecule has 0 aromatic rings. The fourth-order valence-electron chi connectivity index (χ4n) is 1.23. The van der Waals surface area contributed by atoms with E-state index in [9.17, 15) is 4.79 Å². The van der Waals surface area contributed by atoms with Gasteiger partial charge in [-0.1, -0.05) is 12.2 Å². The standard InChI is InChI=1S/C8H12O/c1-6(2)7-3-4-8(9)5-7/h7H,1,3-5H2,2H3/t7-/m1/s1. The summed E-state index contributed by atoms with van der Waals surface area (Å²) in [5.41, 5.74) is 1.17. The highest BCUT2D eigenvalue weighted by Gasteiger charge is 2.21. The predicted molar refractivity (Wildman–Crippen MR) is 37.2 cm³/mol. The highest BCUT2D eigenvalue weighted by atomic mass is 16.1. The second-order valence-corrected chi connectivity index (χ2v) is 2.82. The summed E-state index contributed by atoms with van der Waals surface area (Å²) in [6.07, 6.45) is 2.56. The first-order chi connectivity index (χ1) is 4.20. The summed E-state index contributed by atoms with van der Waals surface area (Å²) in [6, 6.07) is 0. The Bertz CT molecular complexity index is 147. The molecule has 1 heteroatoms. The summed E-state index contributed by atoms with van der Waals surface area (Å²) >= 11 is 0. The molecule has 1 saturated carbocycles. The lowest BCUT2D eigenvalue weighted by Gasteiger charge is -2.03. The molecule has 1 fully saturated rings. The average molecular weight is 124 g/mol. The Labute approximate surface area is 55.8 Å². The van der Waals surface area contributed by atoms with E-state index in [2.05, 4.69) is 6.58 Å². The molecule has 0 bridgehead atoms. The maximum Gasteiger partial charge on any atom is 0.133 e. The van der Waals surface area contributed by atoms with Crippen LogP contribution in [0, 0.1) is 5.92 Å². The molecule has 0 N–H and O–H groups in total. The van der Waals surface area contributed by atoms with Crippen LogP contribution in [0.2, 0.25) is 0 Å². The van der Waals surface area contributed by atoms with Gasteiger partial charge in [-0.15, -0.1) is 0 Å². The Morgan fingerprint density at radius 3 is 2.67 bits per heavy atom. The summed E-state index contributed by atoms with van der Waals surface area (Å²) in [5, 5.41) is 0. The largest absolute Gasteiger partial charge is 0.300 e. The van der Waals surface area contributed by atoms with Crippen molar-refractivity contribution in [3.05, 3.63) is 12.2 Å². The Balaban J connectivity index is 2.48. The van der Waals surface area contributed by atoms with E-state index in [1.807, 2.05) is 6.92 Å². The van der Waals surface area contributed by atoms with E-state index in [0.29, 0.717) is 11.7 Å². The highest BCUT2D eigenvalue weighted by Crippen LogP contribution is 2.26. The van der Waals surface area contributed by atoms with Gasteiger partial charge in [-0.2, -0.15) is 0 Å². The van der Waals surface area contributed by atoms with Crippen LogP contribution in [0.4, 0.5) is 0 Å². The third kappa shape index (κ3) is 1.41. The van der Waals surface area contributed by atoms with Gasteiger partial charge in [-0.05, 0) is 19.3 Å². The lowest BCUT2D eigenvalue weighted by Crippen LogP contribution is -1.94. The molecule has 0 heterocycles. The van der Waals surface area contributed by atoms with Crippen molar-refractivity contribution in [3.8, 4) is 0 Å². The fraction of sp³-hybridized carbons (Fsp3) is 0.625. The zero-order chi connectivity index (χ0) is 6.85. The zero-order valence-electron chi connectivity index (χ0n) is 5.81. The topological polar surface area (TPSA) is 17.1 Å². The van der Waals surface area contributed by atoms with Gasteiger partial charge in [-0.25, -0.2) is 0 Å². The molecule has 1 aliphatic rings. The number of carbonyl (C=O) groups is 1. The molecule has 0 aliphatic heterocycles. The van der Waals surface area contributed by atoms with E-state index in [4.69, 9.17) is 0 Å². The summed E-state index contributed by atoms with van der Waals surface area (Å²) in [7, 11) is 0. The minimum atomic E-state index is 0.406. The van der Waals surface area contributed by atoms with Gasteiger partial charge in [-0.3, -0.25) is 4.79 Å². The van der Waals surface area contributed by atoms with E-state index >= 15 is 0 Å². The minimum Gasteiger partial charge on any atom is -0.300 e. The SMILES string of the molecule is C=C(C)[C@@H]1CCC(=O)C1. The van der Waals surface area contributed by atoms with Gasteiger partial charge in [0.2, 0.25) is 0 Å².